The molecule has 7 rings (SSSR count). The van der Waals surface area contributed by atoms with Crippen LogP contribution in [0.3, 0.4) is 0 Å². The smallest absolute Gasteiger partial charge is 0.259 e. The molecule has 0 bridgehead atoms. The van der Waals surface area contributed by atoms with E-state index in [2.05, 4.69) is 21.9 Å². The Hall–Kier alpha value is -4.98. The van der Waals surface area contributed by atoms with E-state index in [1.807, 2.05) is 69.3 Å². The first kappa shape index (κ1) is 38.3. The Labute approximate surface area is 321 Å². The molecule has 292 valence electrons. The van der Waals surface area contributed by atoms with Crippen molar-refractivity contribution in [1.29, 1.82) is 0 Å². The maximum absolute atomic E-state index is 14.6. The highest BCUT2D eigenvalue weighted by molar-refractivity contribution is 7.91. The number of amides is 4. The van der Waals surface area contributed by atoms with Gasteiger partial charge < -0.3 is 25.0 Å². The highest BCUT2D eigenvalue weighted by Gasteiger charge is 2.62. The van der Waals surface area contributed by atoms with Crippen molar-refractivity contribution in [2.24, 2.45) is 17.3 Å². The molecule has 0 spiro atoms. The van der Waals surface area contributed by atoms with Crippen LogP contribution >= 0.6 is 0 Å². The van der Waals surface area contributed by atoms with E-state index in [0.717, 1.165) is 18.4 Å². The number of benzene rings is 2. The lowest BCUT2D eigenvalue weighted by Crippen LogP contribution is -2.60. The predicted molar refractivity (Wildman–Crippen MR) is 206 cm³/mol. The van der Waals surface area contributed by atoms with E-state index in [1.165, 1.54) is 11.0 Å². The van der Waals surface area contributed by atoms with Crippen LogP contribution in [0.15, 0.2) is 67.3 Å². The third kappa shape index (κ3) is 8.19. The fraction of sp³-hybridized carbons (Fsp3) is 0.488. The summed E-state index contributed by atoms with van der Waals surface area (Å²) in [5.41, 5.74) is -0.118. The number of hydrogen-bond donors (Lipinski definition) is 3. The minimum Gasteiger partial charge on any atom is -0.497 e. The first-order valence-corrected chi connectivity index (χ1v) is 20.5. The lowest BCUT2D eigenvalue weighted by Gasteiger charge is -2.35. The molecular formula is C41H49N5O8S. The zero-order valence-corrected chi connectivity index (χ0v) is 32.5. The highest BCUT2D eigenvalue weighted by Crippen LogP contribution is 2.46. The quantitative estimate of drug-likeness (QED) is 0.203. The molecule has 1 saturated heterocycles. The Morgan fingerprint density at radius 1 is 1.05 bits per heavy atom. The second-order valence-corrected chi connectivity index (χ2v) is 18.4. The molecule has 3 N–H and O–H groups in total. The third-order valence-corrected chi connectivity index (χ3v) is 12.8. The summed E-state index contributed by atoms with van der Waals surface area (Å²) in [6, 6.07) is 14.8. The van der Waals surface area contributed by atoms with Crippen molar-refractivity contribution >= 4 is 44.6 Å². The van der Waals surface area contributed by atoms with Gasteiger partial charge in [-0.1, -0.05) is 57.2 Å². The van der Waals surface area contributed by atoms with Crippen molar-refractivity contribution in [2.75, 3.05) is 13.7 Å². The fourth-order valence-corrected chi connectivity index (χ4v) is 8.71. The Bertz CT molecular complexity index is 2130. The standard InChI is InChI=1S/C41H49N5O8S/c1-6-26-22-41(26,39(50)45-55(51,52)29-15-16-29)44-37(48)33-20-28(23-46(33)38(49)36(40(2,3)4)43-35(47)18-24-12-13-24)54-34-21-31(25-10-8-7-9-11-25)42-32-19-27(53-5)14-17-30(32)34/h6-11,14,17,19,21,24,26,28-29,33,36H,1,12-13,15-16,18,20,22-23H2,2-5H3,(H,43,47)(H,44,48)(H,45,50)/t26-,28-,33+,36-,41-/m1/s1. The van der Waals surface area contributed by atoms with Crippen LogP contribution in [-0.2, 0) is 29.2 Å². The van der Waals surface area contributed by atoms with Crippen LogP contribution < -0.4 is 24.8 Å². The SMILES string of the molecule is C=C[C@@H]1C[C@]1(NC(=O)[C@@H]1C[C@@H](Oc2cc(-c3ccccc3)nc3cc(OC)ccc23)CN1C(=O)[C@@H](NC(=O)CC1CC1)C(C)(C)C)C(=O)NS(=O)(=O)C1CC1. The van der Waals surface area contributed by atoms with Gasteiger partial charge in [-0.15, -0.1) is 6.58 Å². The minimum absolute atomic E-state index is 0.00276. The largest absolute Gasteiger partial charge is 0.497 e. The Morgan fingerprint density at radius 2 is 1.78 bits per heavy atom. The van der Waals surface area contributed by atoms with Gasteiger partial charge in [0.1, 0.15) is 35.2 Å². The van der Waals surface area contributed by atoms with Crippen LogP contribution in [0.25, 0.3) is 22.2 Å². The number of fused-ring (bicyclic) bond motifs is 1. The number of likely N-dealkylation sites (tertiary alicyclic amines) is 1. The fourth-order valence-electron chi connectivity index (χ4n) is 7.35. The van der Waals surface area contributed by atoms with Crippen LogP contribution in [0.5, 0.6) is 11.5 Å². The van der Waals surface area contributed by atoms with Crippen molar-refractivity contribution < 1.29 is 37.1 Å². The molecule has 4 fully saturated rings. The molecule has 2 heterocycles. The number of ether oxygens (including phenoxy) is 2. The summed E-state index contributed by atoms with van der Waals surface area (Å²) in [5, 5.41) is 5.86. The number of aromatic nitrogens is 1. The minimum atomic E-state index is -3.90. The molecule has 55 heavy (non-hydrogen) atoms. The molecule has 14 heteroatoms. The number of nitrogens with zero attached hydrogens (tertiary/aromatic N) is 2. The van der Waals surface area contributed by atoms with Crippen molar-refractivity contribution in [3.05, 3.63) is 67.3 Å². The number of rotatable bonds is 14. The maximum atomic E-state index is 14.6. The monoisotopic (exact) mass is 771 g/mol. The average Bonchev–Trinajstić information content (AvgIpc) is 4.05. The summed E-state index contributed by atoms with van der Waals surface area (Å²) < 4.78 is 39.9. The van der Waals surface area contributed by atoms with Gasteiger partial charge in [-0.2, -0.15) is 0 Å². The predicted octanol–water partition coefficient (Wildman–Crippen LogP) is 4.26. The van der Waals surface area contributed by atoms with Crippen LogP contribution in [0.2, 0.25) is 0 Å². The van der Waals surface area contributed by atoms with Gasteiger partial charge in [-0.3, -0.25) is 23.9 Å². The van der Waals surface area contributed by atoms with Gasteiger partial charge in [0.05, 0.1) is 30.1 Å². The Kier molecular flexibility index (Phi) is 10.2. The first-order chi connectivity index (χ1) is 26.1. The van der Waals surface area contributed by atoms with Crippen molar-refractivity contribution in [2.45, 2.75) is 94.7 Å². The number of pyridine rings is 1. The number of hydrogen-bond acceptors (Lipinski definition) is 9. The molecule has 4 aliphatic rings. The lowest BCUT2D eigenvalue weighted by molar-refractivity contribution is -0.144. The van der Waals surface area contributed by atoms with Crippen LogP contribution in [-0.4, -0.2) is 84.6 Å². The molecule has 1 aliphatic heterocycles. The molecule has 0 unspecified atom stereocenters. The first-order valence-electron chi connectivity index (χ1n) is 18.9. The molecule has 3 aliphatic carbocycles. The molecule has 3 saturated carbocycles. The van der Waals surface area contributed by atoms with E-state index >= 15 is 0 Å². The van der Waals surface area contributed by atoms with Gasteiger partial charge in [0.2, 0.25) is 27.7 Å². The molecular weight excluding hydrogens is 723 g/mol. The summed E-state index contributed by atoms with van der Waals surface area (Å²) in [7, 11) is -2.32. The average molecular weight is 772 g/mol. The molecule has 3 aromatic rings. The number of nitrogens with one attached hydrogen (secondary N) is 3. The van der Waals surface area contributed by atoms with E-state index in [4.69, 9.17) is 14.5 Å². The molecule has 13 nitrogen and oxygen atoms in total. The van der Waals surface area contributed by atoms with E-state index in [0.29, 0.717) is 53.3 Å². The number of sulfonamides is 1. The highest BCUT2D eigenvalue weighted by atomic mass is 32.2. The van der Waals surface area contributed by atoms with Gasteiger partial charge in [0.15, 0.2) is 0 Å². The second-order valence-electron chi connectivity index (χ2n) is 16.4. The number of carbonyl (C=O) groups excluding carboxylic acids is 4. The van der Waals surface area contributed by atoms with Gasteiger partial charge in [0, 0.05) is 41.8 Å². The van der Waals surface area contributed by atoms with Crippen LogP contribution in [0.1, 0.15) is 65.7 Å². The summed E-state index contributed by atoms with van der Waals surface area (Å²) >= 11 is 0. The lowest BCUT2D eigenvalue weighted by atomic mass is 9.85. The Balaban J connectivity index is 1.21. The zero-order valence-electron chi connectivity index (χ0n) is 31.7. The number of carbonyl (C=O) groups is 4. The van der Waals surface area contributed by atoms with Gasteiger partial charge in [-0.25, -0.2) is 13.4 Å². The van der Waals surface area contributed by atoms with Crippen molar-refractivity contribution in [1.82, 2.24) is 25.2 Å². The molecule has 1 aromatic heterocycles. The second kappa shape index (κ2) is 14.6. The molecule has 0 radical (unpaired) electrons. The van der Waals surface area contributed by atoms with Crippen molar-refractivity contribution in [3.63, 3.8) is 0 Å². The zero-order chi connectivity index (χ0) is 39.3. The summed E-state index contributed by atoms with van der Waals surface area (Å²) in [5.74, 6) is -1.24. The van der Waals surface area contributed by atoms with E-state index in [9.17, 15) is 27.6 Å². The van der Waals surface area contributed by atoms with Gasteiger partial charge in [0.25, 0.3) is 5.91 Å². The molecule has 2 aromatic carbocycles. The normalized spacial score (nSPS) is 24.1. The van der Waals surface area contributed by atoms with Crippen LogP contribution in [0.4, 0.5) is 0 Å². The summed E-state index contributed by atoms with van der Waals surface area (Å²) in [6.45, 7) is 9.37. The van der Waals surface area contributed by atoms with E-state index in [-0.39, 0.29) is 25.3 Å². The molecule has 5 atom stereocenters. The topological polar surface area (TPSA) is 173 Å². The van der Waals surface area contributed by atoms with E-state index in [1.54, 1.807) is 13.2 Å². The third-order valence-electron chi connectivity index (χ3n) is 11.0. The van der Waals surface area contributed by atoms with Crippen LogP contribution in [0, 0.1) is 17.3 Å². The maximum Gasteiger partial charge on any atom is 0.259 e. The summed E-state index contributed by atoms with van der Waals surface area (Å²) in [4.78, 5) is 62.1. The molecule has 4 amide bonds. The Morgan fingerprint density at radius 3 is 2.40 bits per heavy atom. The van der Waals surface area contributed by atoms with Gasteiger partial charge in [-0.05, 0) is 55.6 Å². The van der Waals surface area contributed by atoms with E-state index < -0.39 is 68.1 Å². The van der Waals surface area contributed by atoms with Crippen molar-refractivity contribution in [3.8, 4) is 22.8 Å². The van der Waals surface area contributed by atoms with Gasteiger partial charge >= 0.3 is 0 Å². The summed E-state index contributed by atoms with van der Waals surface area (Å²) in [6.07, 6.45) is 4.25. The number of methoxy groups -OCH3 is 1.